The van der Waals surface area contributed by atoms with Gasteiger partial charge in [0.15, 0.2) is 6.10 Å². The Kier molecular flexibility index (Phi) is 39.0. The number of unbranched alkanes of at least 4 members (excludes halogenated alkanes) is 32. The van der Waals surface area contributed by atoms with Gasteiger partial charge in [-0.3, -0.25) is 14.1 Å². The van der Waals surface area contributed by atoms with Crippen molar-refractivity contribution >= 4 is 19.8 Å². The number of phosphoric ester groups is 1. The molecular weight excluding hydrogens is 675 g/mol. The van der Waals surface area contributed by atoms with Crippen molar-refractivity contribution < 1.29 is 37.9 Å². The van der Waals surface area contributed by atoms with Gasteiger partial charge in [0.2, 0.25) is 0 Å². The van der Waals surface area contributed by atoms with Crippen LogP contribution in [0.15, 0.2) is 0 Å². The summed E-state index contributed by atoms with van der Waals surface area (Å²) in [7, 11) is -4.75. The van der Waals surface area contributed by atoms with Crippen LogP contribution in [0.5, 0.6) is 0 Å². The lowest BCUT2D eigenvalue weighted by Gasteiger charge is -2.18. The van der Waals surface area contributed by atoms with Crippen molar-refractivity contribution in [3.8, 4) is 0 Å². The van der Waals surface area contributed by atoms with E-state index in [1.165, 1.54) is 180 Å². The first-order valence-electron chi connectivity index (χ1n) is 22.3. The Hall–Kier alpha value is -0.950. The Bertz CT molecular complexity index is 817. The molecule has 0 aromatic carbocycles. The van der Waals surface area contributed by atoms with Gasteiger partial charge in [-0.25, -0.2) is 4.57 Å². The average Bonchev–Trinajstić information content (AvgIpc) is 3.11. The number of rotatable bonds is 42. The molecule has 1 unspecified atom stereocenters. The van der Waals surface area contributed by atoms with Crippen molar-refractivity contribution in [1.82, 2.24) is 0 Å². The highest BCUT2D eigenvalue weighted by atomic mass is 31.2. The molecule has 0 aliphatic rings. The molecule has 0 rings (SSSR count). The van der Waals surface area contributed by atoms with E-state index in [1.807, 2.05) is 0 Å². The topological polar surface area (TPSA) is 119 Å². The SMILES string of the molecule is CCCCCCCCCCCCCCCCCCCCCCCC(=O)OC(COC(=O)CCCCCCCCCCCCCCC)COP(=O)(O)O. The first-order valence-corrected chi connectivity index (χ1v) is 23.9. The highest BCUT2D eigenvalue weighted by Crippen LogP contribution is 2.36. The van der Waals surface area contributed by atoms with Crippen molar-refractivity contribution in [3.63, 3.8) is 0 Å². The molecule has 8 nitrogen and oxygen atoms in total. The third-order valence-electron chi connectivity index (χ3n) is 10.1. The van der Waals surface area contributed by atoms with E-state index in [4.69, 9.17) is 19.3 Å². The first-order chi connectivity index (χ1) is 25.3. The Morgan fingerprint density at radius 2 is 0.692 bits per heavy atom. The molecule has 0 heterocycles. The second kappa shape index (κ2) is 39.7. The molecule has 0 aromatic heterocycles. The van der Waals surface area contributed by atoms with Crippen molar-refractivity contribution in [3.05, 3.63) is 0 Å². The fraction of sp³-hybridized carbons (Fsp3) is 0.953. The summed E-state index contributed by atoms with van der Waals surface area (Å²) in [6.07, 6.45) is 42.6. The summed E-state index contributed by atoms with van der Waals surface area (Å²) in [4.78, 5) is 42.9. The van der Waals surface area contributed by atoms with Gasteiger partial charge in [-0.2, -0.15) is 0 Å². The molecule has 310 valence electrons. The van der Waals surface area contributed by atoms with E-state index in [2.05, 4.69) is 18.4 Å². The lowest BCUT2D eigenvalue weighted by Crippen LogP contribution is -2.29. The minimum absolute atomic E-state index is 0.221. The van der Waals surface area contributed by atoms with E-state index in [0.29, 0.717) is 6.42 Å². The number of carbonyl (C=O) groups is 2. The van der Waals surface area contributed by atoms with Crippen LogP contribution in [0.25, 0.3) is 0 Å². The zero-order valence-electron chi connectivity index (χ0n) is 34.2. The highest BCUT2D eigenvalue weighted by Gasteiger charge is 2.23. The zero-order valence-corrected chi connectivity index (χ0v) is 35.1. The van der Waals surface area contributed by atoms with Crippen LogP contribution in [0.4, 0.5) is 0 Å². The van der Waals surface area contributed by atoms with E-state index in [-0.39, 0.29) is 19.4 Å². The molecule has 0 aliphatic heterocycles. The maximum atomic E-state index is 12.4. The molecule has 0 saturated heterocycles. The maximum Gasteiger partial charge on any atom is 0.469 e. The molecule has 0 radical (unpaired) electrons. The highest BCUT2D eigenvalue weighted by molar-refractivity contribution is 7.46. The minimum Gasteiger partial charge on any atom is -0.462 e. The van der Waals surface area contributed by atoms with Gasteiger partial charge in [0.05, 0.1) is 6.61 Å². The molecule has 1 atom stereocenters. The second-order valence-corrected chi connectivity index (χ2v) is 16.6. The van der Waals surface area contributed by atoms with Gasteiger partial charge in [0, 0.05) is 12.8 Å². The largest absolute Gasteiger partial charge is 0.469 e. The van der Waals surface area contributed by atoms with E-state index < -0.39 is 32.5 Å². The molecule has 0 bridgehead atoms. The lowest BCUT2D eigenvalue weighted by molar-refractivity contribution is -0.161. The molecule has 0 spiro atoms. The monoisotopic (exact) mass is 761 g/mol. The number of phosphoric acid groups is 1. The summed E-state index contributed by atoms with van der Waals surface area (Å²) in [6.45, 7) is 3.72. The van der Waals surface area contributed by atoms with Crippen LogP contribution in [0.1, 0.15) is 245 Å². The molecule has 0 aromatic rings. The molecule has 0 amide bonds. The average molecular weight is 761 g/mol. The first kappa shape index (κ1) is 51.0. The Labute approximate surface area is 321 Å². The summed E-state index contributed by atoms with van der Waals surface area (Å²) in [5.41, 5.74) is 0. The van der Waals surface area contributed by atoms with Crippen molar-refractivity contribution in [1.29, 1.82) is 0 Å². The molecule has 52 heavy (non-hydrogen) atoms. The van der Waals surface area contributed by atoms with Crippen LogP contribution in [-0.2, 0) is 28.2 Å². The summed E-state index contributed by atoms with van der Waals surface area (Å²) < 4.78 is 26.4. The van der Waals surface area contributed by atoms with E-state index in [1.54, 1.807) is 0 Å². The van der Waals surface area contributed by atoms with E-state index in [0.717, 1.165) is 32.1 Å². The van der Waals surface area contributed by atoms with E-state index >= 15 is 0 Å². The second-order valence-electron chi connectivity index (χ2n) is 15.4. The summed E-state index contributed by atoms with van der Waals surface area (Å²) in [5, 5.41) is 0. The zero-order chi connectivity index (χ0) is 38.2. The van der Waals surface area contributed by atoms with Gasteiger partial charge in [-0.05, 0) is 12.8 Å². The standard InChI is InChI=1S/C43H85O8P/c1-3-5-7-9-11-13-15-17-18-19-20-21-22-23-24-26-28-30-32-34-36-38-43(45)51-41(40-50-52(46,47)48)39-49-42(44)37-35-33-31-29-27-25-16-14-12-10-8-6-4-2/h41H,3-40H2,1-2H3,(H2,46,47,48). The molecular formula is C43H85O8P. The normalized spacial score (nSPS) is 12.3. The fourth-order valence-corrected chi connectivity index (χ4v) is 7.15. The lowest BCUT2D eigenvalue weighted by atomic mass is 10.0. The molecule has 2 N–H and O–H groups in total. The molecule has 0 saturated carbocycles. The van der Waals surface area contributed by atoms with Crippen LogP contribution in [0, 0.1) is 0 Å². The fourth-order valence-electron chi connectivity index (χ4n) is 6.79. The summed E-state index contributed by atoms with van der Waals surface area (Å²) in [6, 6.07) is 0. The predicted molar refractivity (Wildman–Crippen MR) is 216 cm³/mol. The Balaban J connectivity index is 3.80. The number of esters is 2. The predicted octanol–water partition coefficient (Wildman–Crippen LogP) is 13.6. The van der Waals surface area contributed by atoms with Gasteiger partial charge in [-0.1, -0.05) is 219 Å². The van der Waals surface area contributed by atoms with Gasteiger partial charge >= 0.3 is 19.8 Å². The maximum absolute atomic E-state index is 12.4. The van der Waals surface area contributed by atoms with Crippen LogP contribution in [0.3, 0.4) is 0 Å². The van der Waals surface area contributed by atoms with Crippen molar-refractivity contribution in [2.45, 2.75) is 251 Å². The third kappa shape index (κ3) is 41.8. The van der Waals surface area contributed by atoms with Gasteiger partial charge in [-0.15, -0.1) is 0 Å². The van der Waals surface area contributed by atoms with Crippen LogP contribution < -0.4 is 0 Å². The van der Waals surface area contributed by atoms with Gasteiger partial charge in [0.25, 0.3) is 0 Å². The smallest absolute Gasteiger partial charge is 0.462 e. The third-order valence-corrected chi connectivity index (χ3v) is 10.6. The Morgan fingerprint density at radius 1 is 0.423 bits per heavy atom. The van der Waals surface area contributed by atoms with Crippen LogP contribution >= 0.6 is 7.82 Å². The van der Waals surface area contributed by atoms with Gasteiger partial charge < -0.3 is 19.3 Å². The van der Waals surface area contributed by atoms with Crippen LogP contribution in [-0.4, -0.2) is 41.0 Å². The quantitative estimate of drug-likeness (QED) is 0.0358. The van der Waals surface area contributed by atoms with Crippen LogP contribution in [0.2, 0.25) is 0 Å². The summed E-state index contributed by atoms with van der Waals surface area (Å²) >= 11 is 0. The van der Waals surface area contributed by atoms with Crippen molar-refractivity contribution in [2.75, 3.05) is 13.2 Å². The molecule has 0 aliphatic carbocycles. The number of ether oxygens (including phenoxy) is 2. The van der Waals surface area contributed by atoms with Gasteiger partial charge in [0.1, 0.15) is 6.61 Å². The summed E-state index contributed by atoms with van der Waals surface area (Å²) in [5.74, 6) is -0.866. The number of hydrogen-bond acceptors (Lipinski definition) is 6. The number of carbonyl (C=O) groups excluding carboxylic acids is 2. The molecule has 9 heteroatoms. The molecule has 0 fully saturated rings. The number of hydrogen-bond donors (Lipinski definition) is 2. The van der Waals surface area contributed by atoms with E-state index in [9.17, 15) is 14.2 Å². The Morgan fingerprint density at radius 3 is 0.981 bits per heavy atom. The van der Waals surface area contributed by atoms with Crippen molar-refractivity contribution in [2.24, 2.45) is 0 Å². The minimum atomic E-state index is -4.75.